The van der Waals surface area contributed by atoms with E-state index in [0.717, 1.165) is 11.4 Å². The molecule has 0 aliphatic heterocycles. The number of aromatic nitrogens is 1. The number of carbonyl (C=O) groups is 1. The maximum atomic E-state index is 11.1. The average Bonchev–Trinajstić information content (AvgIpc) is 2.25. The molecule has 0 radical (unpaired) electrons. The molecule has 0 aliphatic carbocycles. The van der Waals surface area contributed by atoms with Crippen molar-refractivity contribution < 1.29 is 4.79 Å². The van der Waals surface area contributed by atoms with E-state index in [1.54, 1.807) is 6.20 Å². The van der Waals surface area contributed by atoms with E-state index in [4.69, 9.17) is 0 Å². The van der Waals surface area contributed by atoms with Crippen molar-refractivity contribution in [2.24, 2.45) is 0 Å². The Bertz CT molecular complexity index is 279. The summed E-state index contributed by atoms with van der Waals surface area (Å²) < 4.78 is 2.64. The molecule has 0 aromatic carbocycles. The minimum Gasteiger partial charge on any atom is -0.337 e. The first-order chi connectivity index (χ1) is 6.83. The fourth-order valence-electron chi connectivity index (χ4n) is 0.781. The van der Waals surface area contributed by atoms with E-state index < -0.39 is 0 Å². The van der Waals surface area contributed by atoms with E-state index in [1.165, 1.54) is 11.9 Å². The molecule has 2 N–H and O–H groups in total. The average molecular weight is 211 g/mol. The summed E-state index contributed by atoms with van der Waals surface area (Å²) in [6.45, 7) is 2.70. The second kappa shape index (κ2) is 6.26. The summed E-state index contributed by atoms with van der Waals surface area (Å²) >= 11 is 1.21. The summed E-state index contributed by atoms with van der Waals surface area (Å²) in [6.07, 6.45) is 2.62. The Kier molecular flexibility index (Phi) is 4.85. The predicted octanol–water partition coefficient (Wildman–Crippen LogP) is 1.80. The van der Waals surface area contributed by atoms with Gasteiger partial charge in [-0.2, -0.15) is 0 Å². The van der Waals surface area contributed by atoms with Crippen LogP contribution < -0.4 is 10.0 Å². The van der Waals surface area contributed by atoms with Crippen molar-refractivity contribution in [1.82, 2.24) is 15.0 Å². The van der Waals surface area contributed by atoms with Gasteiger partial charge in [0, 0.05) is 24.7 Å². The number of nitrogens with one attached hydrogen (secondary N) is 2. The fourth-order valence-corrected chi connectivity index (χ4v) is 1.31. The van der Waals surface area contributed by atoms with Crippen LogP contribution in [0.2, 0.25) is 0 Å². The second-order valence-corrected chi connectivity index (χ2v) is 3.45. The lowest BCUT2D eigenvalue weighted by Gasteiger charge is -2.04. The molecule has 0 unspecified atom stereocenters. The molecule has 1 rings (SSSR count). The maximum Gasteiger partial charge on any atom is 0.325 e. The second-order valence-electron chi connectivity index (χ2n) is 2.63. The molecule has 0 aliphatic rings. The van der Waals surface area contributed by atoms with Crippen molar-refractivity contribution in [2.45, 2.75) is 18.4 Å². The van der Waals surface area contributed by atoms with Gasteiger partial charge in [0.2, 0.25) is 0 Å². The third kappa shape index (κ3) is 4.13. The Morgan fingerprint density at radius 2 is 2.43 bits per heavy atom. The quantitative estimate of drug-likeness (QED) is 0.747. The smallest absolute Gasteiger partial charge is 0.325 e. The van der Waals surface area contributed by atoms with Gasteiger partial charge in [0.05, 0.1) is 0 Å². The molecule has 0 bridgehead atoms. The van der Waals surface area contributed by atoms with Crippen molar-refractivity contribution >= 4 is 18.0 Å². The monoisotopic (exact) mass is 211 g/mol. The number of urea groups is 1. The molecular weight excluding hydrogens is 198 g/mol. The molecule has 14 heavy (non-hydrogen) atoms. The molecular formula is C9H13N3OS. The highest BCUT2D eigenvalue weighted by atomic mass is 32.2. The molecule has 4 nitrogen and oxygen atoms in total. The van der Waals surface area contributed by atoms with Crippen molar-refractivity contribution in [3.05, 3.63) is 24.4 Å². The topological polar surface area (TPSA) is 54.0 Å². The van der Waals surface area contributed by atoms with Gasteiger partial charge >= 0.3 is 6.03 Å². The number of nitrogens with zero attached hydrogens (tertiary/aromatic N) is 1. The Labute approximate surface area is 87.6 Å². The van der Waals surface area contributed by atoms with Crippen molar-refractivity contribution in [2.75, 3.05) is 6.54 Å². The molecule has 1 aromatic rings. The third-order valence-corrected chi connectivity index (χ3v) is 2.16. The normalized spacial score (nSPS) is 9.50. The van der Waals surface area contributed by atoms with Crippen molar-refractivity contribution in [3.63, 3.8) is 0 Å². The first-order valence-corrected chi connectivity index (χ1v) is 5.26. The molecule has 5 heteroatoms. The summed E-state index contributed by atoms with van der Waals surface area (Å²) in [5, 5.41) is 3.48. The molecule has 1 heterocycles. The van der Waals surface area contributed by atoms with E-state index in [9.17, 15) is 4.79 Å². The summed E-state index contributed by atoms with van der Waals surface area (Å²) in [4.78, 5) is 15.2. The van der Waals surface area contributed by atoms with Gasteiger partial charge in [-0.15, -0.1) is 0 Å². The first kappa shape index (κ1) is 10.8. The van der Waals surface area contributed by atoms with E-state index in [0.29, 0.717) is 6.54 Å². The third-order valence-electron chi connectivity index (χ3n) is 1.42. The lowest BCUT2D eigenvalue weighted by Crippen LogP contribution is -2.31. The molecule has 0 spiro atoms. The van der Waals surface area contributed by atoms with Gasteiger partial charge in [0.15, 0.2) is 0 Å². The fraction of sp³-hybridized carbons (Fsp3) is 0.333. The summed E-state index contributed by atoms with van der Waals surface area (Å²) in [7, 11) is 0. The van der Waals surface area contributed by atoms with Crippen LogP contribution in [0, 0.1) is 0 Å². The Balaban J connectivity index is 2.24. The lowest BCUT2D eigenvalue weighted by molar-refractivity contribution is 0.246. The molecule has 76 valence electrons. The van der Waals surface area contributed by atoms with Gasteiger partial charge in [-0.05, 0) is 18.6 Å². The summed E-state index contributed by atoms with van der Waals surface area (Å²) in [5.41, 5.74) is 0. The highest BCUT2D eigenvalue weighted by molar-refractivity contribution is 7.97. The van der Waals surface area contributed by atoms with Crippen LogP contribution in [-0.4, -0.2) is 17.6 Å². The van der Waals surface area contributed by atoms with Gasteiger partial charge in [0.1, 0.15) is 5.03 Å². The van der Waals surface area contributed by atoms with Crippen molar-refractivity contribution in [3.8, 4) is 0 Å². The van der Waals surface area contributed by atoms with Gasteiger partial charge < -0.3 is 5.32 Å². The highest BCUT2D eigenvalue weighted by Gasteiger charge is 1.99. The number of hydrogen-bond acceptors (Lipinski definition) is 3. The van der Waals surface area contributed by atoms with E-state index in [2.05, 4.69) is 15.0 Å². The van der Waals surface area contributed by atoms with Gasteiger partial charge in [-0.3, -0.25) is 4.72 Å². The van der Waals surface area contributed by atoms with Gasteiger partial charge in [0.25, 0.3) is 0 Å². The van der Waals surface area contributed by atoms with Gasteiger partial charge in [-0.25, -0.2) is 9.78 Å². The van der Waals surface area contributed by atoms with Crippen LogP contribution in [0.25, 0.3) is 0 Å². The molecule has 1 aromatic heterocycles. The zero-order valence-corrected chi connectivity index (χ0v) is 8.80. The van der Waals surface area contributed by atoms with Gasteiger partial charge in [-0.1, -0.05) is 13.0 Å². The standard InChI is InChI=1S/C9H13N3OS/c1-2-6-11-9(13)12-14-8-5-3-4-7-10-8/h3-5,7H,2,6H2,1H3,(H2,11,12,13). The Hall–Kier alpha value is -1.23. The van der Waals surface area contributed by atoms with E-state index in [1.807, 2.05) is 25.1 Å². The number of carbonyl (C=O) groups excluding carboxylic acids is 1. The van der Waals surface area contributed by atoms with Crippen LogP contribution in [-0.2, 0) is 0 Å². The van der Waals surface area contributed by atoms with Crippen LogP contribution in [0.5, 0.6) is 0 Å². The Morgan fingerprint density at radius 3 is 3.07 bits per heavy atom. The molecule has 2 amide bonds. The lowest BCUT2D eigenvalue weighted by atomic mass is 10.5. The molecule has 0 saturated heterocycles. The summed E-state index contributed by atoms with van der Waals surface area (Å²) in [6, 6.07) is 5.37. The maximum absolute atomic E-state index is 11.1. The zero-order chi connectivity index (χ0) is 10.2. The zero-order valence-electron chi connectivity index (χ0n) is 7.99. The number of amides is 2. The minimum atomic E-state index is -0.178. The van der Waals surface area contributed by atoms with Crippen molar-refractivity contribution in [1.29, 1.82) is 0 Å². The SMILES string of the molecule is CCCNC(=O)NSc1ccccn1. The highest BCUT2D eigenvalue weighted by Crippen LogP contribution is 2.08. The van der Waals surface area contributed by atoms with E-state index >= 15 is 0 Å². The number of hydrogen-bond donors (Lipinski definition) is 2. The number of pyridine rings is 1. The summed E-state index contributed by atoms with van der Waals surface area (Å²) in [5.74, 6) is 0. The number of rotatable bonds is 4. The minimum absolute atomic E-state index is 0.178. The Morgan fingerprint density at radius 1 is 1.57 bits per heavy atom. The van der Waals surface area contributed by atoms with Crippen LogP contribution in [0.1, 0.15) is 13.3 Å². The van der Waals surface area contributed by atoms with Crippen LogP contribution in [0.15, 0.2) is 29.4 Å². The predicted molar refractivity (Wildman–Crippen MR) is 56.9 cm³/mol. The van der Waals surface area contributed by atoms with E-state index in [-0.39, 0.29) is 6.03 Å². The van der Waals surface area contributed by atoms with Crippen LogP contribution in [0.4, 0.5) is 4.79 Å². The molecule has 0 saturated carbocycles. The largest absolute Gasteiger partial charge is 0.337 e. The molecule has 0 fully saturated rings. The van der Waals surface area contributed by atoms with Crippen LogP contribution >= 0.6 is 11.9 Å². The van der Waals surface area contributed by atoms with Crippen LogP contribution in [0.3, 0.4) is 0 Å². The first-order valence-electron chi connectivity index (χ1n) is 4.44. The molecule has 0 atom stereocenters.